The van der Waals surface area contributed by atoms with E-state index in [1.54, 1.807) is 24.5 Å². The van der Waals surface area contributed by atoms with Crippen LogP contribution in [-0.4, -0.2) is 19.6 Å². The molecule has 2 aromatic rings. The molecular formula is C17H23FIN3S. The second-order valence-corrected chi connectivity index (χ2v) is 6.56. The number of guanidine groups is 1. The Kier molecular flexibility index (Phi) is 8.54. The number of hydrogen-bond acceptors (Lipinski definition) is 2. The normalized spacial score (nSPS) is 11.0. The van der Waals surface area contributed by atoms with Crippen molar-refractivity contribution < 1.29 is 4.39 Å². The van der Waals surface area contributed by atoms with Crippen molar-refractivity contribution in [2.45, 2.75) is 26.8 Å². The van der Waals surface area contributed by atoms with Gasteiger partial charge in [-0.3, -0.25) is 4.99 Å². The van der Waals surface area contributed by atoms with E-state index in [1.807, 2.05) is 13.0 Å². The minimum absolute atomic E-state index is 0. The number of halogens is 2. The van der Waals surface area contributed by atoms with Gasteiger partial charge in [0.25, 0.3) is 0 Å². The van der Waals surface area contributed by atoms with E-state index in [0.29, 0.717) is 0 Å². The summed E-state index contributed by atoms with van der Waals surface area (Å²) in [4.78, 5) is 6.82. The molecule has 6 heteroatoms. The van der Waals surface area contributed by atoms with E-state index in [1.165, 1.54) is 15.8 Å². The largest absolute Gasteiger partial charge is 0.356 e. The number of aryl methyl sites for hydroxylation is 2. The van der Waals surface area contributed by atoms with Crippen LogP contribution in [0.15, 0.2) is 35.3 Å². The average Bonchev–Trinajstić information content (AvgIpc) is 2.90. The van der Waals surface area contributed by atoms with E-state index < -0.39 is 0 Å². The molecule has 0 saturated carbocycles. The molecule has 0 bridgehead atoms. The molecule has 2 N–H and O–H groups in total. The maximum atomic E-state index is 13.1. The van der Waals surface area contributed by atoms with Crippen molar-refractivity contribution in [3.05, 3.63) is 57.0 Å². The molecule has 126 valence electrons. The molecule has 0 radical (unpaired) electrons. The molecule has 1 aromatic carbocycles. The summed E-state index contributed by atoms with van der Waals surface area (Å²) in [6.45, 7) is 5.57. The smallest absolute Gasteiger partial charge is 0.191 e. The highest BCUT2D eigenvalue weighted by Gasteiger charge is 2.02. The second-order valence-electron chi connectivity index (χ2n) is 5.19. The molecule has 0 unspecified atom stereocenters. The number of rotatable bonds is 5. The van der Waals surface area contributed by atoms with Crippen LogP contribution in [0, 0.1) is 19.7 Å². The van der Waals surface area contributed by atoms with E-state index in [4.69, 9.17) is 0 Å². The molecule has 0 saturated heterocycles. The van der Waals surface area contributed by atoms with Gasteiger partial charge in [0.15, 0.2) is 5.96 Å². The lowest BCUT2D eigenvalue weighted by molar-refractivity contribution is 0.625. The van der Waals surface area contributed by atoms with Crippen molar-refractivity contribution >= 4 is 41.3 Å². The summed E-state index contributed by atoms with van der Waals surface area (Å²) < 4.78 is 13.1. The third kappa shape index (κ3) is 6.47. The van der Waals surface area contributed by atoms with Crippen LogP contribution in [0.25, 0.3) is 0 Å². The van der Waals surface area contributed by atoms with Gasteiger partial charge in [0.05, 0.1) is 6.54 Å². The molecule has 23 heavy (non-hydrogen) atoms. The molecule has 0 spiro atoms. The summed E-state index contributed by atoms with van der Waals surface area (Å²) in [6.07, 6.45) is 0.838. The van der Waals surface area contributed by atoms with E-state index >= 15 is 0 Å². The van der Waals surface area contributed by atoms with E-state index in [0.717, 1.165) is 36.6 Å². The van der Waals surface area contributed by atoms with Crippen molar-refractivity contribution in [2.24, 2.45) is 4.99 Å². The van der Waals surface area contributed by atoms with Gasteiger partial charge < -0.3 is 10.6 Å². The lowest BCUT2D eigenvalue weighted by Crippen LogP contribution is -2.37. The van der Waals surface area contributed by atoms with Gasteiger partial charge in [-0.15, -0.1) is 35.3 Å². The number of hydrogen-bond donors (Lipinski definition) is 2. The minimum atomic E-state index is -0.182. The van der Waals surface area contributed by atoms with Crippen molar-refractivity contribution in [2.75, 3.05) is 13.6 Å². The van der Waals surface area contributed by atoms with E-state index in [9.17, 15) is 4.39 Å². The quantitative estimate of drug-likeness (QED) is 0.413. The Balaban J connectivity index is 0.00000264. The Hall–Kier alpha value is -1.15. The van der Waals surface area contributed by atoms with Gasteiger partial charge in [-0.2, -0.15) is 0 Å². The summed E-state index contributed by atoms with van der Waals surface area (Å²) in [5.74, 6) is 0.601. The molecular weight excluding hydrogens is 424 g/mol. The number of aliphatic imine (C=N–C) groups is 1. The highest BCUT2D eigenvalue weighted by Crippen LogP contribution is 2.14. The van der Waals surface area contributed by atoms with Gasteiger partial charge in [-0.1, -0.05) is 6.07 Å². The van der Waals surface area contributed by atoms with Crippen LogP contribution in [0.2, 0.25) is 0 Å². The standard InChI is InChI=1S/C17H22FN3S.HI/c1-12-10-15(18)6-5-14(12)8-9-20-17(19-3)21-11-16-7-4-13(2)22-16;/h4-7,10H,8-9,11H2,1-3H3,(H2,19,20,21);1H. The Morgan fingerprint density at radius 3 is 2.57 bits per heavy atom. The first kappa shape index (κ1) is 19.9. The van der Waals surface area contributed by atoms with Crippen LogP contribution in [0.4, 0.5) is 4.39 Å². The van der Waals surface area contributed by atoms with Crippen LogP contribution in [-0.2, 0) is 13.0 Å². The Morgan fingerprint density at radius 1 is 1.17 bits per heavy atom. The van der Waals surface area contributed by atoms with Crippen molar-refractivity contribution in [1.29, 1.82) is 0 Å². The first-order valence-corrected chi connectivity index (χ1v) is 8.15. The molecule has 0 aliphatic rings. The number of thiophene rings is 1. The molecule has 3 nitrogen and oxygen atoms in total. The molecule has 0 aliphatic heterocycles. The van der Waals surface area contributed by atoms with Gasteiger partial charge in [0.2, 0.25) is 0 Å². The maximum absolute atomic E-state index is 13.1. The van der Waals surface area contributed by atoms with Crippen LogP contribution < -0.4 is 10.6 Å². The Labute approximate surface area is 158 Å². The number of nitrogens with one attached hydrogen (secondary N) is 2. The van der Waals surface area contributed by atoms with Gasteiger partial charge in [0.1, 0.15) is 5.82 Å². The third-order valence-corrected chi connectivity index (χ3v) is 4.44. The van der Waals surface area contributed by atoms with Crippen LogP contribution in [0.1, 0.15) is 20.9 Å². The first-order valence-electron chi connectivity index (χ1n) is 7.33. The SMILES string of the molecule is CN=C(NCCc1ccc(F)cc1C)NCc1ccc(C)s1.I. The van der Waals surface area contributed by atoms with Gasteiger partial charge in [-0.25, -0.2) is 4.39 Å². The minimum Gasteiger partial charge on any atom is -0.356 e. The topological polar surface area (TPSA) is 36.4 Å². The molecule has 0 aliphatic carbocycles. The van der Waals surface area contributed by atoms with Gasteiger partial charge in [0, 0.05) is 23.3 Å². The fourth-order valence-electron chi connectivity index (χ4n) is 2.23. The van der Waals surface area contributed by atoms with Crippen LogP contribution >= 0.6 is 35.3 Å². The van der Waals surface area contributed by atoms with Crippen molar-refractivity contribution in [1.82, 2.24) is 10.6 Å². The summed E-state index contributed by atoms with van der Waals surface area (Å²) in [5, 5.41) is 6.58. The average molecular weight is 447 g/mol. The number of nitrogens with zero attached hydrogens (tertiary/aromatic N) is 1. The zero-order chi connectivity index (χ0) is 15.9. The predicted molar refractivity (Wildman–Crippen MR) is 108 cm³/mol. The first-order chi connectivity index (χ1) is 10.6. The zero-order valence-electron chi connectivity index (χ0n) is 13.6. The Morgan fingerprint density at radius 2 is 1.96 bits per heavy atom. The lowest BCUT2D eigenvalue weighted by Gasteiger charge is -2.12. The molecule has 0 amide bonds. The summed E-state index contributed by atoms with van der Waals surface area (Å²) in [7, 11) is 1.76. The predicted octanol–water partition coefficient (Wildman–Crippen LogP) is 4.03. The van der Waals surface area contributed by atoms with Crippen molar-refractivity contribution in [3.63, 3.8) is 0 Å². The molecule has 0 fully saturated rings. The zero-order valence-corrected chi connectivity index (χ0v) is 16.8. The van der Waals surface area contributed by atoms with E-state index in [-0.39, 0.29) is 29.8 Å². The highest BCUT2D eigenvalue weighted by molar-refractivity contribution is 14.0. The summed E-state index contributed by atoms with van der Waals surface area (Å²) in [6, 6.07) is 9.17. The molecule has 2 rings (SSSR count). The molecule has 1 heterocycles. The number of benzene rings is 1. The van der Waals surface area contributed by atoms with Gasteiger partial charge >= 0.3 is 0 Å². The fourth-order valence-corrected chi connectivity index (χ4v) is 3.06. The lowest BCUT2D eigenvalue weighted by atomic mass is 10.1. The maximum Gasteiger partial charge on any atom is 0.191 e. The Bertz CT molecular complexity index is 655. The fraction of sp³-hybridized carbons (Fsp3) is 0.353. The van der Waals surface area contributed by atoms with E-state index in [2.05, 4.69) is 34.7 Å². The summed E-state index contributed by atoms with van der Waals surface area (Å²) >= 11 is 1.78. The second kappa shape index (κ2) is 9.87. The van der Waals surface area contributed by atoms with Gasteiger partial charge in [-0.05, 0) is 55.7 Å². The molecule has 0 atom stereocenters. The third-order valence-electron chi connectivity index (χ3n) is 3.44. The highest BCUT2D eigenvalue weighted by atomic mass is 127. The summed E-state index contributed by atoms with van der Waals surface area (Å²) in [5.41, 5.74) is 2.14. The van der Waals surface area contributed by atoms with Crippen molar-refractivity contribution in [3.8, 4) is 0 Å². The monoisotopic (exact) mass is 447 g/mol. The molecule has 1 aromatic heterocycles. The van der Waals surface area contributed by atoms with Crippen LogP contribution in [0.3, 0.4) is 0 Å². The van der Waals surface area contributed by atoms with Crippen LogP contribution in [0.5, 0.6) is 0 Å².